The van der Waals surface area contributed by atoms with Crippen LogP contribution in [0.25, 0.3) is 0 Å². The standard InChI is InChI=1S/C16H20ClN3O4/c1-3-6-24-14-12(17)7-10(8-13(14)23-2)9-18-20-16(22)15(21)19-11-4-5-11/h7-9,11H,3-6H2,1-2H3,(H,19,21)(H,20,22)/b18-9-. The van der Waals surface area contributed by atoms with E-state index < -0.39 is 11.8 Å². The molecule has 2 rings (SSSR count). The number of hydrogen-bond donors (Lipinski definition) is 2. The highest BCUT2D eigenvalue weighted by atomic mass is 35.5. The first kappa shape index (κ1) is 18.1. The molecule has 0 aromatic heterocycles. The number of benzene rings is 1. The van der Waals surface area contributed by atoms with Crippen molar-refractivity contribution in [3.8, 4) is 11.5 Å². The number of halogens is 1. The summed E-state index contributed by atoms with van der Waals surface area (Å²) in [4.78, 5) is 23.0. The van der Waals surface area contributed by atoms with E-state index in [1.165, 1.54) is 13.3 Å². The lowest BCUT2D eigenvalue weighted by Gasteiger charge is -2.12. The molecule has 0 heterocycles. The van der Waals surface area contributed by atoms with E-state index in [-0.39, 0.29) is 6.04 Å². The van der Waals surface area contributed by atoms with Crippen molar-refractivity contribution in [2.75, 3.05) is 13.7 Å². The van der Waals surface area contributed by atoms with E-state index in [0.29, 0.717) is 28.7 Å². The molecule has 7 nitrogen and oxygen atoms in total. The van der Waals surface area contributed by atoms with E-state index in [9.17, 15) is 9.59 Å². The summed E-state index contributed by atoms with van der Waals surface area (Å²) in [5.74, 6) is -0.561. The summed E-state index contributed by atoms with van der Waals surface area (Å²) >= 11 is 6.19. The largest absolute Gasteiger partial charge is 0.493 e. The van der Waals surface area contributed by atoms with Crippen LogP contribution in [0.3, 0.4) is 0 Å². The Kier molecular flexibility index (Phi) is 6.43. The molecular weight excluding hydrogens is 334 g/mol. The van der Waals surface area contributed by atoms with Crippen molar-refractivity contribution in [1.82, 2.24) is 10.7 Å². The van der Waals surface area contributed by atoms with Crippen LogP contribution < -0.4 is 20.2 Å². The van der Waals surface area contributed by atoms with Crippen molar-refractivity contribution in [2.45, 2.75) is 32.2 Å². The van der Waals surface area contributed by atoms with Gasteiger partial charge in [-0.1, -0.05) is 18.5 Å². The fourth-order valence-corrected chi connectivity index (χ4v) is 2.13. The van der Waals surface area contributed by atoms with Crippen molar-refractivity contribution in [3.63, 3.8) is 0 Å². The third kappa shape index (κ3) is 5.13. The highest BCUT2D eigenvalue weighted by Crippen LogP contribution is 2.36. The first-order valence-corrected chi connectivity index (χ1v) is 8.07. The molecule has 0 aliphatic heterocycles. The zero-order valence-corrected chi connectivity index (χ0v) is 14.4. The molecule has 0 bridgehead atoms. The Hall–Kier alpha value is -2.28. The summed E-state index contributed by atoms with van der Waals surface area (Å²) in [6.07, 6.45) is 4.04. The fourth-order valence-electron chi connectivity index (χ4n) is 1.85. The molecule has 24 heavy (non-hydrogen) atoms. The third-order valence-corrected chi connectivity index (χ3v) is 3.48. The Morgan fingerprint density at radius 2 is 2.12 bits per heavy atom. The van der Waals surface area contributed by atoms with Crippen molar-refractivity contribution < 1.29 is 19.1 Å². The molecule has 2 N–H and O–H groups in total. The van der Waals surface area contributed by atoms with Gasteiger partial charge in [-0.05, 0) is 37.0 Å². The van der Waals surface area contributed by atoms with Gasteiger partial charge in [-0.15, -0.1) is 0 Å². The molecule has 2 amide bonds. The lowest BCUT2D eigenvalue weighted by atomic mass is 10.2. The lowest BCUT2D eigenvalue weighted by molar-refractivity contribution is -0.139. The van der Waals surface area contributed by atoms with Gasteiger partial charge >= 0.3 is 11.8 Å². The van der Waals surface area contributed by atoms with E-state index in [1.54, 1.807) is 12.1 Å². The molecule has 0 radical (unpaired) electrons. The number of carbonyl (C=O) groups is 2. The number of amides is 2. The molecule has 0 unspecified atom stereocenters. The Morgan fingerprint density at radius 1 is 1.38 bits per heavy atom. The van der Waals surface area contributed by atoms with Gasteiger partial charge in [0.2, 0.25) is 0 Å². The smallest absolute Gasteiger partial charge is 0.329 e. The quantitative estimate of drug-likeness (QED) is 0.445. The molecule has 8 heteroatoms. The highest BCUT2D eigenvalue weighted by Gasteiger charge is 2.26. The monoisotopic (exact) mass is 353 g/mol. The van der Waals surface area contributed by atoms with E-state index in [1.807, 2.05) is 6.92 Å². The highest BCUT2D eigenvalue weighted by molar-refractivity contribution is 6.35. The number of nitrogens with one attached hydrogen (secondary N) is 2. The van der Waals surface area contributed by atoms with Gasteiger partial charge in [0.05, 0.1) is 25.0 Å². The second kappa shape index (κ2) is 8.54. The minimum absolute atomic E-state index is 0.117. The number of hydrazone groups is 1. The molecule has 1 aromatic rings. The van der Waals surface area contributed by atoms with Crippen LogP contribution in [0.5, 0.6) is 11.5 Å². The molecule has 130 valence electrons. The van der Waals surface area contributed by atoms with Crippen LogP contribution in [0.15, 0.2) is 17.2 Å². The lowest BCUT2D eigenvalue weighted by Crippen LogP contribution is -2.38. The Bertz CT molecular complexity index is 644. The summed E-state index contributed by atoms with van der Waals surface area (Å²) < 4.78 is 10.8. The molecule has 1 saturated carbocycles. The number of hydrogen-bond acceptors (Lipinski definition) is 5. The molecule has 1 aliphatic carbocycles. The van der Waals surface area contributed by atoms with Gasteiger partial charge in [-0.2, -0.15) is 5.10 Å². The fraction of sp³-hybridized carbons (Fsp3) is 0.438. The molecular formula is C16H20ClN3O4. The topological polar surface area (TPSA) is 89.0 Å². The Morgan fingerprint density at radius 3 is 2.75 bits per heavy atom. The molecule has 0 saturated heterocycles. The Labute approximate surface area is 145 Å². The van der Waals surface area contributed by atoms with Gasteiger partial charge in [0.25, 0.3) is 0 Å². The number of methoxy groups -OCH3 is 1. The second-order valence-electron chi connectivity index (χ2n) is 5.33. The molecule has 1 aliphatic rings. The van der Waals surface area contributed by atoms with Crippen molar-refractivity contribution in [3.05, 3.63) is 22.7 Å². The number of rotatable bonds is 7. The zero-order valence-electron chi connectivity index (χ0n) is 13.6. The summed E-state index contributed by atoms with van der Waals surface area (Å²) in [7, 11) is 1.51. The van der Waals surface area contributed by atoms with Crippen LogP contribution in [0, 0.1) is 0 Å². The minimum Gasteiger partial charge on any atom is -0.493 e. The summed E-state index contributed by atoms with van der Waals surface area (Å²) in [6, 6.07) is 3.43. The molecule has 0 atom stereocenters. The maximum Gasteiger partial charge on any atom is 0.329 e. The number of nitrogens with zero attached hydrogens (tertiary/aromatic N) is 1. The van der Waals surface area contributed by atoms with E-state index in [0.717, 1.165) is 19.3 Å². The van der Waals surface area contributed by atoms with Gasteiger partial charge in [0.15, 0.2) is 11.5 Å². The third-order valence-electron chi connectivity index (χ3n) is 3.20. The summed E-state index contributed by atoms with van der Waals surface area (Å²) in [5, 5.41) is 6.71. The second-order valence-corrected chi connectivity index (χ2v) is 5.74. The van der Waals surface area contributed by atoms with Gasteiger partial charge in [0, 0.05) is 6.04 Å². The average molecular weight is 354 g/mol. The first-order chi connectivity index (χ1) is 11.5. The predicted octanol–water partition coefficient (Wildman–Crippen LogP) is 1.87. The zero-order chi connectivity index (χ0) is 17.5. The van der Waals surface area contributed by atoms with Gasteiger partial charge in [-0.3, -0.25) is 9.59 Å². The first-order valence-electron chi connectivity index (χ1n) is 7.69. The molecule has 1 fully saturated rings. The normalized spacial score (nSPS) is 13.6. The minimum atomic E-state index is -0.806. The maximum atomic E-state index is 11.6. The van der Waals surface area contributed by atoms with Crippen molar-refractivity contribution in [2.24, 2.45) is 5.10 Å². The maximum absolute atomic E-state index is 11.6. The predicted molar refractivity (Wildman–Crippen MR) is 90.7 cm³/mol. The Balaban J connectivity index is 1.99. The van der Waals surface area contributed by atoms with Crippen LogP contribution in [0.1, 0.15) is 31.7 Å². The van der Waals surface area contributed by atoms with Crippen LogP contribution >= 0.6 is 11.6 Å². The van der Waals surface area contributed by atoms with E-state index in [2.05, 4.69) is 15.8 Å². The summed E-state index contributed by atoms with van der Waals surface area (Å²) in [5.41, 5.74) is 2.77. The molecule has 1 aromatic carbocycles. The van der Waals surface area contributed by atoms with Gasteiger partial charge in [0.1, 0.15) is 0 Å². The van der Waals surface area contributed by atoms with Crippen LogP contribution in [-0.4, -0.2) is 37.8 Å². The SMILES string of the molecule is CCCOc1c(Cl)cc(/C=N\NC(=O)C(=O)NC2CC2)cc1OC. The van der Waals surface area contributed by atoms with Crippen molar-refractivity contribution >= 4 is 29.6 Å². The van der Waals surface area contributed by atoms with E-state index in [4.69, 9.17) is 21.1 Å². The molecule has 0 spiro atoms. The van der Waals surface area contributed by atoms with Crippen molar-refractivity contribution in [1.29, 1.82) is 0 Å². The average Bonchev–Trinajstić information content (AvgIpc) is 3.37. The van der Waals surface area contributed by atoms with Gasteiger partial charge < -0.3 is 14.8 Å². The van der Waals surface area contributed by atoms with Gasteiger partial charge in [-0.25, -0.2) is 5.43 Å². The summed E-state index contributed by atoms with van der Waals surface area (Å²) in [6.45, 7) is 2.51. The van der Waals surface area contributed by atoms with Crippen LogP contribution in [-0.2, 0) is 9.59 Å². The van der Waals surface area contributed by atoms with Crippen LogP contribution in [0.4, 0.5) is 0 Å². The van der Waals surface area contributed by atoms with E-state index >= 15 is 0 Å². The van der Waals surface area contributed by atoms with Crippen LogP contribution in [0.2, 0.25) is 5.02 Å². The number of carbonyl (C=O) groups excluding carboxylic acids is 2. The number of ether oxygens (including phenoxy) is 2.